The maximum Gasteiger partial charge on any atom is 0.254 e. The minimum Gasteiger partial charge on any atom is -0.369 e. The minimum absolute atomic E-state index is 0.234. The highest BCUT2D eigenvalue weighted by Gasteiger charge is 2.29. The average molecular weight is 409 g/mol. The van der Waals surface area contributed by atoms with Crippen LogP contribution >= 0.6 is 27.3 Å². The molecule has 0 unspecified atom stereocenters. The zero-order valence-electron chi connectivity index (χ0n) is 12.3. The van der Waals surface area contributed by atoms with Gasteiger partial charge in [0, 0.05) is 11.0 Å². The highest BCUT2D eigenvalue weighted by molar-refractivity contribution is 9.10. The van der Waals surface area contributed by atoms with Crippen molar-refractivity contribution >= 4 is 43.2 Å². The lowest BCUT2D eigenvalue weighted by molar-refractivity contribution is -0.118. The molecule has 1 aromatic rings. The summed E-state index contributed by atoms with van der Waals surface area (Å²) in [7, 11) is -3.68. The lowest BCUT2D eigenvalue weighted by Crippen LogP contribution is -2.39. The number of amides is 1. The van der Waals surface area contributed by atoms with Crippen molar-refractivity contribution in [3.05, 3.63) is 15.9 Å². The first-order valence-corrected chi connectivity index (χ1v) is 10.5. The normalized spacial score (nSPS) is 17.0. The maximum absolute atomic E-state index is 12.7. The van der Waals surface area contributed by atoms with Crippen LogP contribution in [0.25, 0.3) is 0 Å². The van der Waals surface area contributed by atoms with Crippen molar-refractivity contribution in [1.82, 2.24) is 4.31 Å². The van der Waals surface area contributed by atoms with Crippen molar-refractivity contribution in [3.63, 3.8) is 0 Å². The first-order valence-electron chi connectivity index (χ1n) is 7.42. The van der Waals surface area contributed by atoms with E-state index in [1.807, 2.05) is 0 Å². The molecule has 5 nitrogen and oxygen atoms in total. The van der Waals surface area contributed by atoms with Gasteiger partial charge < -0.3 is 5.73 Å². The zero-order chi connectivity index (χ0) is 16.2. The molecule has 8 heteroatoms. The van der Waals surface area contributed by atoms with E-state index < -0.39 is 15.9 Å². The van der Waals surface area contributed by atoms with Gasteiger partial charge in [0.15, 0.2) is 0 Å². The molecule has 22 heavy (non-hydrogen) atoms. The number of hydrogen-bond acceptors (Lipinski definition) is 4. The number of primary amides is 1. The molecule has 1 aliphatic carbocycles. The monoisotopic (exact) mass is 408 g/mol. The second-order valence-corrected chi connectivity index (χ2v) is 9.56. The summed E-state index contributed by atoms with van der Waals surface area (Å²) in [5.41, 5.74) is 5.24. The van der Waals surface area contributed by atoms with Crippen LogP contribution in [0.4, 0.5) is 0 Å². The molecule has 0 spiro atoms. The smallest absolute Gasteiger partial charge is 0.254 e. The van der Waals surface area contributed by atoms with Crippen molar-refractivity contribution in [2.45, 2.75) is 42.7 Å². The molecule has 1 fully saturated rings. The maximum atomic E-state index is 12.7. The van der Waals surface area contributed by atoms with Crippen LogP contribution in [0.5, 0.6) is 0 Å². The van der Waals surface area contributed by atoms with E-state index in [-0.39, 0.29) is 10.8 Å². The number of carbonyl (C=O) groups excluding carboxylic acids is 1. The van der Waals surface area contributed by atoms with E-state index >= 15 is 0 Å². The topological polar surface area (TPSA) is 80.5 Å². The van der Waals surface area contributed by atoms with Gasteiger partial charge in [0.05, 0.1) is 6.54 Å². The SMILES string of the molecule is NC(=O)CN(CCC1CCCCC1)S(=O)(=O)c1sccc1Br. The quantitative estimate of drug-likeness (QED) is 0.752. The van der Waals surface area contributed by atoms with Crippen molar-refractivity contribution in [2.75, 3.05) is 13.1 Å². The highest BCUT2D eigenvalue weighted by atomic mass is 79.9. The number of nitrogens with zero attached hydrogens (tertiary/aromatic N) is 1. The minimum atomic E-state index is -3.68. The van der Waals surface area contributed by atoms with E-state index in [1.54, 1.807) is 11.4 Å². The molecule has 1 aliphatic rings. The number of halogens is 1. The van der Waals surface area contributed by atoms with E-state index in [2.05, 4.69) is 15.9 Å². The lowest BCUT2D eigenvalue weighted by Gasteiger charge is -2.25. The van der Waals surface area contributed by atoms with Gasteiger partial charge in [-0.25, -0.2) is 8.42 Å². The summed E-state index contributed by atoms with van der Waals surface area (Å²) in [5, 5.41) is 1.71. The Morgan fingerprint density at radius 1 is 1.36 bits per heavy atom. The van der Waals surface area contributed by atoms with Gasteiger partial charge in [-0.05, 0) is 39.7 Å². The Kier molecular flexibility index (Phi) is 6.43. The lowest BCUT2D eigenvalue weighted by atomic mass is 9.87. The van der Waals surface area contributed by atoms with Gasteiger partial charge in [-0.2, -0.15) is 4.31 Å². The van der Waals surface area contributed by atoms with Crippen LogP contribution in [0, 0.1) is 5.92 Å². The van der Waals surface area contributed by atoms with Gasteiger partial charge in [-0.3, -0.25) is 4.79 Å². The summed E-state index contributed by atoms with van der Waals surface area (Å²) in [6.45, 7) is 0.0830. The fraction of sp³-hybridized carbons (Fsp3) is 0.643. The van der Waals surface area contributed by atoms with E-state index in [0.717, 1.165) is 30.6 Å². The van der Waals surface area contributed by atoms with Crippen molar-refractivity contribution < 1.29 is 13.2 Å². The first kappa shape index (κ1) is 17.9. The van der Waals surface area contributed by atoms with E-state index in [9.17, 15) is 13.2 Å². The highest BCUT2D eigenvalue weighted by Crippen LogP contribution is 2.31. The second-order valence-electron chi connectivity index (χ2n) is 5.65. The second kappa shape index (κ2) is 7.90. The summed E-state index contributed by atoms with van der Waals surface area (Å²) in [6.07, 6.45) is 6.77. The number of rotatable bonds is 7. The number of nitrogens with two attached hydrogens (primary N) is 1. The fourth-order valence-corrected chi connectivity index (χ4v) is 6.71. The molecule has 124 valence electrons. The Balaban J connectivity index is 2.11. The molecule has 0 atom stereocenters. The van der Waals surface area contributed by atoms with Crippen LogP contribution in [-0.4, -0.2) is 31.7 Å². The molecule has 0 saturated heterocycles. The van der Waals surface area contributed by atoms with Crippen LogP contribution in [0.2, 0.25) is 0 Å². The Labute approximate surface area is 144 Å². The molecule has 2 rings (SSSR count). The molecule has 1 saturated carbocycles. The molecule has 1 heterocycles. The summed E-state index contributed by atoms with van der Waals surface area (Å²) >= 11 is 4.40. The molecule has 1 amide bonds. The van der Waals surface area contributed by atoms with E-state index in [0.29, 0.717) is 16.9 Å². The van der Waals surface area contributed by atoms with E-state index in [4.69, 9.17) is 5.73 Å². The summed E-state index contributed by atoms with van der Waals surface area (Å²) in [5.74, 6) is -0.0778. The van der Waals surface area contributed by atoms with Gasteiger partial charge in [-0.15, -0.1) is 11.3 Å². The van der Waals surface area contributed by atoms with Crippen molar-refractivity contribution in [1.29, 1.82) is 0 Å². The third kappa shape index (κ3) is 4.53. The van der Waals surface area contributed by atoms with Crippen LogP contribution in [0.3, 0.4) is 0 Å². The van der Waals surface area contributed by atoms with Gasteiger partial charge in [-0.1, -0.05) is 32.1 Å². The molecule has 0 bridgehead atoms. The van der Waals surface area contributed by atoms with Crippen LogP contribution in [-0.2, 0) is 14.8 Å². The van der Waals surface area contributed by atoms with Crippen LogP contribution in [0.15, 0.2) is 20.1 Å². The zero-order valence-corrected chi connectivity index (χ0v) is 15.6. The largest absolute Gasteiger partial charge is 0.369 e. The Hall–Kier alpha value is -0.440. The molecular weight excluding hydrogens is 388 g/mol. The van der Waals surface area contributed by atoms with Crippen molar-refractivity contribution in [3.8, 4) is 0 Å². The van der Waals surface area contributed by atoms with E-state index in [1.165, 1.54) is 23.6 Å². The third-order valence-electron chi connectivity index (χ3n) is 4.00. The first-order chi connectivity index (χ1) is 10.4. The number of thiophene rings is 1. The Bertz CT molecular complexity index is 609. The molecule has 0 aliphatic heterocycles. The average Bonchev–Trinajstić information content (AvgIpc) is 2.91. The summed E-state index contributed by atoms with van der Waals surface area (Å²) in [4.78, 5) is 11.3. The molecule has 2 N–H and O–H groups in total. The van der Waals surface area contributed by atoms with Gasteiger partial charge >= 0.3 is 0 Å². The molecular formula is C14H21BrN2O3S2. The van der Waals surface area contributed by atoms with Gasteiger partial charge in [0.1, 0.15) is 4.21 Å². The predicted molar refractivity (Wildman–Crippen MR) is 91.2 cm³/mol. The molecule has 0 radical (unpaired) electrons. The standard InChI is InChI=1S/C14H21BrN2O3S2/c15-12-7-9-21-14(12)22(19,20)17(10-13(16)18)8-6-11-4-2-1-3-5-11/h7,9,11H,1-6,8,10H2,(H2,16,18). The Morgan fingerprint density at radius 3 is 2.59 bits per heavy atom. The summed E-state index contributed by atoms with van der Waals surface area (Å²) in [6, 6.07) is 1.70. The van der Waals surface area contributed by atoms with Crippen molar-refractivity contribution in [2.24, 2.45) is 11.7 Å². The molecule has 1 aromatic heterocycles. The fourth-order valence-electron chi connectivity index (χ4n) is 2.84. The van der Waals surface area contributed by atoms with Gasteiger partial charge in [0.2, 0.25) is 5.91 Å². The number of hydrogen-bond donors (Lipinski definition) is 1. The van der Waals surface area contributed by atoms with Gasteiger partial charge in [0.25, 0.3) is 10.0 Å². The number of carbonyl (C=O) groups is 1. The predicted octanol–water partition coefficient (Wildman–Crippen LogP) is 2.96. The number of sulfonamides is 1. The Morgan fingerprint density at radius 2 is 2.05 bits per heavy atom. The summed E-state index contributed by atoms with van der Waals surface area (Å²) < 4.78 is 27.4. The van der Waals surface area contributed by atoms with Crippen LogP contribution < -0.4 is 5.73 Å². The molecule has 0 aromatic carbocycles. The third-order valence-corrected chi connectivity index (χ3v) is 8.49. The van der Waals surface area contributed by atoms with Crippen LogP contribution in [0.1, 0.15) is 38.5 Å².